The number of halogens is 1. The molecule has 2 aliphatic heterocycles. The minimum Gasteiger partial charge on any atom is -0.494 e. The van der Waals surface area contributed by atoms with E-state index in [1.807, 2.05) is 36.1 Å². The van der Waals surface area contributed by atoms with Crippen molar-refractivity contribution in [3.8, 4) is 5.75 Å². The number of hydrogen-bond donors (Lipinski definition) is 1. The van der Waals surface area contributed by atoms with Gasteiger partial charge in [0.2, 0.25) is 0 Å². The van der Waals surface area contributed by atoms with Gasteiger partial charge in [-0.3, -0.25) is 4.58 Å². The van der Waals surface area contributed by atoms with Crippen molar-refractivity contribution in [3.63, 3.8) is 0 Å². The van der Waals surface area contributed by atoms with Gasteiger partial charge in [0.15, 0.2) is 6.54 Å². The fourth-order valence-electron chi connectivity index (χ4n) is 4.18. The number of benzene rings is 2. The second kappa shape index (κ2) is 7.31. The third kappa shape index (κ3) is 3.32. The van der Waals surface area contributed by atoms with Gasteiger partial charge >= 0.3 is 0 Å². The van der Waals surface area contributed by atoms with E-state index in [4.69, 9.17) is 4.74 Å². The Morgan fingerprint density at radius 1 is 1.07 bits per heavy atom. The fourth-order valence-corrected chi connectivity index (χ4v) is 4.18. The van der Waals surface area contributed by atoms with Gasteiger partial charge in [-0.25, -0.2) is 4.39 Å². The predicted molar refractivity (Wildman–Crippen MR) is 104 cm³/mol. The van der Waals surface area contributed by atoms with Crippen molar-refractivity contribution in [1.29, 1.82) is 0 Å². The van der Waals surface area contributed by atoms with E-state index < -0.39 is 5.72 Å². The topological polar surface area (TPSA) is 35.7 Å². The molecule has 1 atom stereocenters. The minimum absolute atomic E-state index is 0.296. The highest BCUT2D eigenvalue weighted by molar-refractivity contribution is 5.97. The Hall–Kier alpha value is -2.40. The number of nitrogens with zero attached hydrogens (tertiary/aromatic N) is 2. The summed E-state index contributed by atoms with van der Waals surface area (Å²) in [5.41, 5.74) is 0.413. The van der Waals surface area contributed by atoms with Crippen molar-refractivity contribution in [2.24, 2.45) is 0 Å². The summed E-state index contributed by atoms with van der Waals surface area (Å²) >= 11 is 0. The Labute approximate surface area is 159 Å². The second-order valence-electron chi connectivity index (χ2n) is 7.23. The van der Waals surface area contributed by atoms with Crippen molar-refractivity contribution in [2.75, 3.05) is 24.6 Å². The molecule has 0 radical (unpaired) electrons. The first-order valence-electron chi connectivity index (χ1n) is 9.74. The molecule has 0 unspecified atom stereocenters. The van der Waals surface area contributed by atoms with Crippen molar-refractivity contribution in [2.45, 2.75) is 38.3 Å². The molecule has 4 rings (SSSR count). The van der Waals surface area contributed by atoms with Crippen LogP contribution in [0.5, 0.6) is 5.75 Å². The zero-order valence-corrected chi connectivity index (χ0v) is 15.7. The summed E-state index contributed by atoms with van der Waals surface area (Å²) in [7, 11) is 0. The van der Waals surface area contributed by atoms with Crippen molar-refractivity contribution >= 4 is 11.5 Å². The van der Waals surface area contributed by atoms with Crippen LogP contribution >= 0.6 is 0 Å². The second-order valence-corrected chi connectivity index (χ2v) is 7.23. The zero-order valence-electron chi connectivity index (χ0n) is 15.7. The Balaban J connectivity index is 1.77. The summed E-state index contributed by atoms with van der Waals surface area (Å²) in [6.07, 6.45) is 4.36. The lowest BCUT2D eigenvalue weighted by molar-refractivity contribution is -0.534. The van der Waals surface area contributed by atoms with Gasteiger partial charge in [-0.15, -0.1) is 0 Å². The molecule has 142 valence electrons. The highest BCUT2D eigenvalue weighted by Crippen LogP contribution is 2.38. The lowest BCUT2D eigenvalue weighted by Crippen LogP contribution is -2.47. The largest absolute Gasteiger partial charge is 0.494 e. The lowest BCUT2D eigenvalue weighted by Gasteiger charge is -2.29. The van der Waals surface area contributed by atoms with Crippen LogP contribution in [-0.4, -0.2) is 35.2 Å². The Morgan fingerprint density at radius 3 is 2.52 bits per heavy atom. The van der Waals surface area contributed by atoms with E-state index in [-0.39, 0.29) is 5.82 Å². The molecule has 4 nitrogen and oxygen atoms in total. The van der Waals surface area contributed by atoms with Crippen molar-refractivity contribution < 1.29 is 18.8 Å². The molecule has 0 aliphatic carbocycles. The van der Waals surface area contributed by atoms with Gasteiger partial charge in [-0.1, -0.05) is 0 Å². The lowest BCUT2D eigenvalue weighted by atomic mass is 10.00. The molecular formula is C22H26FN2O2+. The standard InChI is InChI=1S/C22H26FN2O2/c1-2-27-20-13-11-19(12-14-20)25-21-6-4-3-5-15-24(21)16-22(25,26)17-7-9-18(23)10-8-17/h7-14,26H,2-6,15-16H2,1H3/q+1/t22-/m0/s1. The van der Waals surface area contributed by atoms with Crippen LogP contribution in [0.1, 0.15) is 38.2 Å². The maximum Gasteiger partial charge on any atom is 0.275 e. The van der Waals surface area contributed by atoms with E-state index in [0.29, 0.717) is 18.7 Å². The van der Waals surface area contributed by atoms with Crippen LogP contribution in [0.15, 0.2) is 48.5 Å². The number of amidine groups is 1. The number of hydrogen-bond acceptors (Lipinski definition) is 3. The molecule has 0 fully saturated rings. The Bertz CT molecular complexity index is 832. The predicted octanol–water partition coefficient (Wildman–Crippen LogP) is 3.87. The molecule has 2 aromatic rings. The van der Waals surface area contributed by atoms with Crippen LogP contribution in [0.2, 0.25) is 0 Å². The molecule has 5 heteroatoms. The molecule has 0 saturated carbocycles. The van der Waals surface area contributed by atoms with Crippen LogP contribution in [0.4, 0.5) is 10.1 Å². The van der Waals surface area contributed by atoms with Crippen molar-refractivity contribution in [1.82, 2.24) is 0 Å². The van der Waals surface area contributed by atoms with E-state index in [9.17, 15) is 9.50 Å². The first kappa shape index (κ1) is 18.0. The minimum atomic E-state index is -1.21. The first-order chi connectivity index (χ1) is 13.1. The quantitative estimate of drug-likeness (QED) is 0.831. The zero-order chi connectivity index (χ0) is 18.9. The molecule has 0 spiro atoms. The molecule has 0 saturated heterocycles. The normalized spacial score (nSPS) is 22.6. The van der Waals surface area contributed by atoms with E-state index >= 15 is 0 Å². The SMILES string of the molecule is CCOc1ccc(N2C3=[N+](CCCCC3)C[C@]2(O)c2ccc(F)cc2)cc1. The fraction of sp³-hybridized carbons (Fsp3) is 0.409. The number of anilines is 1. The summed E-state index contributed by atoms with van der Waals surface area (Å²) in [5, 5.41) is 11.8. The summed E-state index contributed by atoms with van der Waals surface area (Å²) in [6.45, 7) is 4.00. The Morgan fingerprint density at radius 2 is 1.81 bits per heavy atom. The van der Waals surface area contributed by atoms with Crippen LogP contribution in [0, 0.1) is 5.82 Å². The third-order valence-corrected chi connectivity index (χ3v) is 5.45. The van der Waals surface area contributed by atoms with Gasteiger partial charge in [-0.05, 0) is 74.7 Å². The molecule has 1 N–H and O–H groups in total. The summed E-state index contributed by atoms with van der Waals surface area (Å²) < 4.78 is 21.3. The van der Waals surface area contributed by atoms with Gasteiger partial charge in [0.05, 0.1) is 13.2 Å². The Kier molecular flexibility index (Phi) is 4.87. The van der Waals surface area contributed by atoms with E-state index in [1.165, 1.54) is 18.6 Å². The van der Waals surface area contributed by atoms with Gasteiger partial charge in [0.1, 0.15) is 17.3 Å². The van der Waals surface area contributed by atoms with Crippen molar-refractivity contribution in [3.05, 3.63) is 59.9 Å². The molecule has 27 heavy (non-hydrogen) atoms. The van der Waals surface area contributed by atoms with Gasteiger partial charge in [0.25, 0.3) is 11.6 Å². The summed E-state index contributed by atoms with van der Waals surface area (Å²) in [4.78, 5) is 2.03. The van der Waals surface area contributed by atoms with Gasteiger partial charge < -0.3 is 9.84 Å². The molecule has 0 aromatic heterocycles. The van der Waals surface area contributed by atoms with Crippen LogP contribution in [0.25, 0.3) is 0 Å². The summed E-state index contributed by atoms with van der Waals surface area (Å²) in [5.74, 6) is 1.66. The average molecular weight is 369 g/mol. The van der Waals surface area contributed by atoms with E-state index in [0.717, 1.165) is 43.1 Å². The maximum atomic E-state index is 13.5. The van der Waals surface area contributed by atoms with E-state index in [2.05, 4.69) is 4.58 Å². The average Bonchev–Trinajstić information content (AvgIpc) is 2.80. The third-order valence-electron chi connectivity index (χ3n) is 5.45. The first-order valence-corrected chi connectivity index (χ1v) is 9.74. The van der Waals surface area contributed by atoms with Crippen LogP contribution in [0.3, 0.4) is 0 Å². The van der Waals surface area contributed by atoms with Crippen LogP contribution in [-0.2, 0) is 5.72 Å². The highest BCUT2D eigenvalue weighted by atomic mass is 19.1. The highest BCUT2D eigenvalue weighted by Gasteiger charge is 2.54. The maximum absolute atomic E-state index is 13.5. The monoisotopic (exact) mass is 369 g/mol. The molecular weight excluding hydrogens is 343 g/mol. The smallest absolute Gasteiger partial charge is 0.275 e. The van der Waals surface area contributed by atoms with Crippen LogP contribution < -0.4 is 9.64 Å². The molecule has 0 amide bonds. The van der Waals surface area contributed by atoms with Gasteiger partial charge in [0, 0.05) is 12.0 Å². The molecule has 2 aromatic carbocycles. The van der Waals surface area contributed by atoms with E-state index in [1.54, 1.807) is 12.1 Å². The summed E-state index contributed by atoms with van der Waals surface area (Å²) in [6, 6.07) is 14.0. The molecule has 0 bridgehead atoms. The van der Waals surface area contributed by atoms with Gasteiger partial charge in [-0.2, -0.15) is 4.90 Å². The molecule has 2 aliphatic rings. The number of ether oxygens (including phenoxy) is 1. The number of rotatable bonds is 4. The molecule has 2 heterocycles. The number of aliphatic hydroxyl groups is 1.